The van der Waals surface area contributed by atoms with E-state index in [9.17, 15) is 27.5 Å². The number of likely N-dealkylation sites (tertiary alicyclic amines) is 1. The lowest BCUT2D eigenvalue weighted by molar-refractivity contribution is -0.182. The molecule has 0 saturated carbocycles. The molecule has 2 fully saturated rings. The number of aliphatic hydroxyl groups is 1. The SMILES string of the molecule is Cc1cc(F)c(NC(=O)N2CCC(C(C)C(F)(F)F)C2)cc1-c1cc(OCCO)nc(N2CCOCC2)c1. The molecule has 38 heavy (non-hydrogen) atoms. The molecule has 2 atom stereocenters. The highest BCUT2D eigenvalue weighted by atomic mass is 19.4. The van der Waals surface area contributed by atoms with Crippen LogP contribution < -0.4 is 15.0 Å². The van der Waals surface area contributed by atoms with Gasteiger partial charge in [-0.15, -0.1) is 0 Å². The van der Waals surface area contributed by atoms with Gasteiger partial charge in [-0.3, -0.25) is 0 Å². The first kappa shape index (κ1) is 27.9. The molecule has 2 aliphatic heterocycles. The molecule has 0 bridgehead atoms. The zero-order valence-corrected chi connectivity index (χ0v) is 21.4. The number of anilines is 2. The Balaban J connectivity index is 1.58. The maximum atomic E-state index is 14.9. The number of urea groups is 1. The summed E-state index contributed by atoms with van der Waals surface area (Å²) in [7, 11) is 0. The van der Waals surface area contributed by atoms with Crippen molar-refractivity contribution in [1.82, 2.24) is 9.88 Å². The average Bonchev–Trinajstić information content (AvgIpc) is 3.38. The second-order valence-corrected chi connectivity index (χ2v) is 9.63. The van der Waals surface area contributed by atoms with Crippen LogP contribution in [0.5, 0.6) is 5.88 Å². The number of nitrogens with one attached hydrogen (secondary N) is 1. The molecule has 2 N–H and O–H groups in total. The molecule has 4 rings (SSSR count). The number of aryl methyl sites for hydroxylation is 1. The predicted octanol–water partition coefficient (Wildman–Crippen LogP) is 4.46. The number of halogens is 4. The van der Waals surface area contributed by atoms with Gasteiger partial charge < -0.3 is 29.7 Å². The Morgan fingerprint density at radius 1 is 1.24 bits per heavy atom. The van der Waals surface area contributed by atoms with Gasteiger partial charge in [-0.1, -0.05) is 6.92 Å². The standard InChI is InChI=1S/C26H32F4N4O4/c1-16-11-21(27)22(31-25(36)34-4-3-18(15-34)17(2)26(28,29)30)14-20(16)19-12-23(33-5-8-37-9-6-33)32-24(13-19)38-10-7-35/h11-14,17-18,35H,3-10,15H2,1-2H3,(H,31,36). The van der Waals surface area contributed by atoms with Crippen LogP contribution in [-0.4, -0.2) is 79.8 Å². The highest BCUT2D eigenvalue weighted by Crippen LogP contribution is 2.37. The van der Waals surface area contributed by atoms with Gasteiger partial charge in [-0.2, -0.15) is 18.2 Å². The third-order valence-electron chi connectivity index (χ3n) is 7.07. The second kappa shape index (κ2) is 11.7. The molecule has 2 aliphatic rings. The maximum Gasteiger partial charge on any atom is 0.391 e. The number of pyridine rings is 1. The quantitative estimate of drug-likeness (QED) is 0.505. The molecule has 3 heterocycles. The van der Waals surface area contributed by atoms with Gasteiger partial charge in [0.15, 0.2) is 0 Å². The number of rotatable bonds is 7. The van der Waals surface area contributed by atoms with Gasteiger partial charge >= 0.3 is 12.2 Å². The Kier molecular flexibility index (Phi) is 8.61. The van der Waals surface area contributed by atoms with E-state index in [0.29, 0.717) is 48.8 Å². The summed E-state index contributed by atoms with van der Waals surface area (Å²) in [5.74, 6) is -1.97. The lowest BCUT2D eigenvalue weighted by Crippen LogP contribution is -2.36. The summed E-state index contributed by atoms with van der Waals surface area (Å²) in [6.45, 7) is 5.17. The van der Waals surface area contributed by atoms with Gasteiger partial charge in [-0.25, -0.2) is 9.18 Å². The zero-order valence-electron chi connectivity index (χ0n) is 21.4. The van der Waals surface area contributed by atoms with Gasteiger partial charge in [-0.05, 0) is 54.2 Å². The minimum Gasteiger partial charge on any atom is -0.475 e. The van der Waals surface area contributed by atoms with Crippen LogP contribution in [0.25, 0.3) is 11.1 Å². The summed E-state index contributed by atoms with van der Waals surface area (Å²) in [6, 6.07) is 5.67. The fourth-order valence-corrected chi connectivity index (χ4v) is 4.75. The van der Waals surface area contributed by atoms with Crippen molar-refractivity contribution in [3.8, 4) is 17.0 Å². The number of hydrogen-bond acceptors (Lipinski definition) is 6. The minimum atomic E-state index is -4.33. The van der Waals surface area contributed by atoms with E-state index in [1.54, 1.807) is 13.0 Å². The van der Waals surface area contributed by atoms with E-state index in [4.69, 9.17) is 9.47 Å². The lowest BCUT2D eigenvalue weighted by Gasteiger charge is -2.28. The smallest absolute Gasteiger partial charge is 0.391 e. The Hall–Kier alpha value is -3.12. The highest BCUT2D eigenvalue weighted by Gasteiger charge is 2.44. The Labute approximate surface area is 218 Å². The number of amides is 2. The van der Waals surface area contributed by atoms with Gasteiger partial charge in [0.2, 0.25) is 5.88 Å². The molecule has 2 saturated heterocycles. The molecule has 208 valence electrons. The molecule has 0 radical (unpaired) electrons. The first-order valence-electron chi connectivity index (χ1n) is 12.6. The minimum absolute atomic E-state index is 0.0481. The van der Waals surface area contributed by atoms with Crippen molar-refractivity contribution < 1.29 is 36.9 Å². The van der Waals surface area contributed by atoms with E-state index in [1.807, 2.05) is 11.0 Å². The largest absolute Gasteiger partial charge is 0.475 e. The molecular weight excluding hydrogens is 508 g/mol. The monoisotopic (exact) mass is 540 g/mol. The molecule has 1 aromatic heterocycles. The molecule has 2 unspecified atom stereocenters. The van der Waals surface area contributed by atoms with Crippen LogP contribution in [-0.2, 0) is 4.74 Å². The molecule has 1 aromatic carbocycles. The average molecular weight is 541 g/mol. The van der Waals surface area contributed by atoms with Crippen molar-refractivity contribution in [2.45, 2.75) is 26.4 Å². The van der Waals surface area contributed by atoms with Gasteiger partial charge in [0, 0.05) is 32.2 Å². The van der Waals surface area contributed by atoms with Crippen molar-refractivity contribution in [3.05, 3.63) is 35.6 Å². The number of carbonyl (C=O) groups excluding carboxylic acids is 1. The molecule has 12 heteroatoms. The van der Waals surface area contributed by atoms with Crippen LogP contribution in [0.15, 0.2) is 24.3 Å². The zero-order chi connectivity index (χ0) is 27.4. The molecule has 2 amide bonds. The predicted molar refractivity (Wildman–Crippen MR) is 134 cm³/mol. The van der Waals surface area contributed by atoms with Crippen molar-refractivity contribution >= 4 is 17.5 Å². The van der Waals surface area contributed by atoms with Crippen molar-refractivity contribution in [3.63, 3.8) is 0 Å². The first-order chi connectivity index (χ1) is 18.1. The number of nitrogens with zero attached hydrogens (tertiary/aromatic N) is 3. The van der Waals surface area contributed by atoms with Crippen LogP contribution in [0.2, 0.25) is 0 Å². The van der Waals surface area contributed by atoms with Crippen molar-refractivity contribution in [2.75, 3.05) is 62.8 Å². The van der Waals surface area contributed by atoms with E-state index in [1.165, 1.54) is 17.0 Å². The number of ether oxygens (including phenoxy) is 2. The Bertz CT molecular complexity index is 1140. The summed E-state index contributed by atoms with van der Waals surface area (Å²) in [5, 5.41) is 11.7. The van der Waals surface area contributed by atoms with Crippen LogP contribution in [0.1, 0.15) is 18.9 Å². The third kappa shape index (κ3) is 6.47. The van der Waals surface area contributed by atoms with E-state index >= 15 is 0 Å². The number of aromatic nitrogens is 1. The summed E-state index contributed by atoms with van der Waals surface area (Å²) in [6.07, 6.45) is -4.10. The number of hydrogen-bond donors (Lipinski definition) is 2. The van der Waals surface area contributed by atoms with Crippen LogP contribution in [0.3, 0.4) is 0 Å². The normalized spacial score (nSPS) is 19.0. The Morgan fingerprint density at radius 2 is 1.97 bits per heavy atom. The van der Waals surface area contributed by atoms with Crippen LogP contribution in [0, 0.1) is 24.6 Å². The molecule has 2 aromatic rings. The van der Waals surface area contributed by atoms with E-state index < -0.39 is 29.9 Å². The van der Waals surface area contributed by atoms with Gasteiger partial charge in [0.25, 0.3) is 0 Å². The topological polar surface area (TPSA) is 87.2 Å². The first-order valence-corrected chi connectivity index (χ1v) is 12.6. The molecule has 0 aliphatic carbocycles. The van der Waals surface area contributed by atoms with E-state index in [-0.39, 0.29) is 44.3 Å². The summed E-state index contributed by atoms with van der Waals surface area (Å²) in [4.78, 5) is 20.7. The lowest BCUT2D eigenvalue weighted by atomic mass is 9.93. The third-order valence-corrected chi connectivity index (χ3v) is 7.07. The van der Waals surface area contributed by atoms with Crippen LogP contribution in [0.4, 0.5) is 33.9 Å². The summed E-state index contributed by atoms with van der Waals surface area (Å²) >= 11 is 0. The second-order valence-electron chi connectivity index (χ2n) is 9.63. The molecular formula is C26H32F4N4O4. The fourth-order valence-electron chi connectivity index (χ4n) is 4.75. The van der Waals surface area contributed by atoms with Crippen molar-refractivity contribution in [2.24, 2.45) is 11.8 Å². The Morgan fingerprint density at radius 3 is 2.66 bits per heavy atom. The molecule has 8 nitrogen and oxygen atoms in total. The summed E-state index contributed by atoms with van der Waals surface area (Å²) < 4.78 is 65.2. The number of morpholine rings is 1. The van der Waals surface area contributed by atoms with Crippen LogP contribution >= 0.6 is 0 Å². The van der Waals surface area contributed by atoms with Crippen molar-refractivity contribution in [1.29, 1.82) is 0 Å². The molecule has 0 spiro atoms. The van der Waals surface area contributed by atoms with Gasteiger partial charge in [0.05, 0.1) is 31.4 Å². The fraction of sp³-hybridized carbons (Fsp3) is 0.538. The number of aliphatic hydroxyl groups excluding tert-OH is 1. The van der Waals surface area contributed by atoms with E-state index in [0.717, 1.165) is 6.92 Å². The number of carbonyl (C=O) groups is 1. The number of alkyl halides is 3. The number of benzene rings is 1. The van der Waals surface area contributed by atoms with Gasteiger partial charge in [0.1, 0.15) is 18.2 Å². The highest BCUT2D eigenvalue weighted by molar-refractivity contribution is 5.91. The maximum absolute atomic E-state index is 14.9. The van der Waals surface area contributed by atoms with E-state index in [2.05, 4.69) is 10.3 Å². The summed E-state index contributed by atoms with van der Waals surface area (Å²) in [5.41, 5.74) is 1.82.